The van der Waals surface area contributed by atoms with Crippen LogP contribution in [0.4, 0.5) is 31.0 Å². The van der Waals surface area contributed by atoms with Crippen molar-refractivity contribution in [2.24, 2.45) is 0 Å². The standard InChI is InChI=1S/C24H24FN3O4/c1-2-13-28(15-16-3-5-17(25)6-4-16)18-7-12-21(26-23(29)31-19-8-9-19)22(14-18)27-24(30)32-20-10-11-20/h1,3-7,12,14,19-20H,8-11,13,15H2,(H,26,29)(H,27,30). The summed E-state index contributed by atoms with van der Waals surface area (Å²) in [6.45, 7) is 0.729. The second kappa shape index (κ2) is 9.60. The van der Waals surface area contributed by atoms with Crippen molar-refractivity contribution in [3.05, 3.63) is 53.8 Å². The van der Waals surface area contributed by atoms with E-state index in [1.807, 2.05) is 4.90 Å². The van der Waals surface area contributed by atoms with E-state index >= 15 is 0 Å². The lowest BCUT2D eigenvalue weighted by Crippen LogP contribution is -2.24. The minimum absolute atomic E-state index is 0.0488. The highest BCUT2D eigenvalue weighted by Gasteiger charge is 2.28. The maximum atomic E-state index is 13.3. The molecule has 0 spiro atoms. The van der Waals surface area contributed by atoms with Crippen LogP contribution in [0.1, 0.15) is 31.2 Å². The lowest BCUT2D eigenvalue weighted by atomic mass is 10.1. The molecule has 0 unspecified atom stereocenters. The number of halogens is 1. The van der Waals surface area contributed by atoms with Gasteiger partial charge in [0.2, 0.25) is 0 Å². The summed E-state index contributed by atoms with van der Waals surface area (Å²) in [4.78, 5) is 26.3. The fourth-order valence-electron chi connectivity index (χ4n) is 3.05. The van der Waals surface area contributed by atoms with Gasteiger partial charge in [-0.25, -0.2) is 14.0 Å². The molecular formula is C24H24FN3O4. The van der Waals surface area contributed by atoms with Crippen molar-refractivity contribution in [2.45, 2.75) is 44.4 Å². The average Bonchev–Trinajstić information content (AvgIpc) is 3.68. The molecular weight excluding hydrogens is 413 g/mol. The van der Waals surface area contributed by atoms with Gasteiger partial charge in [0.15, 0.2) is 0 Å². The van der Waals surface area contributed by atoms with Gasteiger partial charge in [0, 0.05) is 12.2 Å². The molecule has 0 aliphatic heterocycles. The summed E-state index contributed by atoms with van der Waals surface area (Å²) < 4.78 is 23.8. The number of hydrogen-bond acceptors (Lipinski definition) is 5. The van der Waals surface area contributed by atoms with Gasteiger partial charge >= 0.3 is 12.2 Å². The molecule has 0 radical (unpaired) electrons. The number of nitrogens with zero attached hydrogens (tertiary/aromatic N) is 1. The molecule has 2 fully saturated rings. The van der Waals surface area contributed by atoms with E-state index in [-0.39, 0.29) is 18.0 Å². The summed E-state index contributed by atoms with van der Waals surface area (Å²) in [5.41, 5.74) is 2.34. The maximum absolute atomic E-state index is 13.3. The van der Waals surface area contributed by atoms with Gasteiger partial charge in [-0.05, 0) is 61.6 Å². The number of hydrogen-bond donors (Lipinski definition) is 2. The van der Waals surface area contributed by atoms with Crippen LogP contribution in [0.5, 0.6) is 0 Å². The molecule has 2 aromatic rings. The predicted molar refractivity (Wildman–Crippen MR) is 119 cm³/mol. The Kier molecular flexibility index (Phi) is 6.45. The van der Waals surface area contributed by atoms with Gasteiger partial charge in [0.1, 0.15) is 18.0 Å². The Bertz CT molecular complexity index is 1030. The quantitative estimate of drug-likeness (QED) is 0.575. The van der Waals surface area contributed by atoms with Gasteiger partial charge in [-0.15, -0.1) is 6.42 Å². The van der Waals surface area contributed by atoms with Crippen LogP contribution in [-0.4, -0.2) is 30.9 Å². The number of benzene rings is 2. The first kappa shape index (κ1) is 21.5. The molecule has 4 rings (SSSR count). The summed E-state index contributed by atoms with van der Waals surface area (Å²) in [5, 5.41) is 5.38. The zero-order valence-corrected chi connectivity index (χ0v) is 17.5. The van der Waals surface area contributed by atoms with Gasteiger partial charge in [-0.1, -0.05) is 18.1 Å². The van der Waals surface area contributed by atoms with Crippen LogP contribution >= 0.6 is 0 Å². The highest BCUT2D eigenvalue weighted by atomic mass is 19.1. The van der Waals surface area contributed by atoms with Crippen molar-refractivity contribution in [2.75, 3.05) is 22.1 Å². The van der Waals surface area contributed by atoms with E-state index in [2.05, 4.69) is 16.6 Å². The van der Waals surface area contributed by atoms with Crippen LogP contribution in [0.15, 0.2) is 42.5 Å². The van der Waals surface area contributed by atoms with Crippen LogP contribution in [0, 0.1) is 18.2 Å². The zero-order chi connectivity index (χ0) is 22.5. The highest BCUT2D eigenvalue weighted by molar-refractivity contribution is 5.96. The van der Waals surface area contributed by atoms with E-state index in [9.17, 15) is 14.0 Å². The first-order valence-electron chi connectivity index (χ1n) is 10.5. The van der Waals surface area contributed by atoms with Crippen LogP contribution < -0.4 is 15.5 Å². The summed E-state index contributed by atoms with van der Waals surface area (Å²) >= 11 is 0. The molecule has 2 aliphatic rings. The van der Waals surface area contributed by atoms with E-state index in [1.54, 1.807) is 30.3 Å². The van der Waals surface area contributed by atoms with Gasteiger partial charge in [0.25, 0.3) is 0 Å². The minimum atomic E-state index is -0.592. The number of ether oxygens (including phenoxy) is 2. The van der Waals surface area contributed by atoms with Crippen molar-refractivity contribution >= 4 is 29.2 Å². The average molecular weight is 437 g/mol. The fourth-order valence-corrected chi connectivity index (χ4v) is 3.05. The first-order valence-corrected chi connectivity index (χ1v) is 10.5. The smallest absolute Gasteiger partial charge is 0.411 e. The Morgan fingerprint density at radius 3 is 2.12 bits per heavy atom. The normalized spacial score (nSPS) is 14.8. The third kappa shape index (κ3) is 6.14. The first-order chi connectivity index (χ1) is 15.5. The number of amides is 2. The van der Waals surface area contributed by atoms with Gasteiger partial charge < -0.3 is 14.4 Å². The minimum Gasteiger partial charge on any atom is -0.446 e. The molecule has 7 nitrogen and oxygen atoms in total. The van der Waals surface area contributed by atoms with Crippen molar-refractivity contribution in [1.29, 1.82) is 0 Å². The number of rotatable bonds is 8. The Morgan fingerprint density at radius 1 is 0.969 bits per heavy atom. The van der Waals surface area contributed by atoms with Crippen molar-refractivity contribution < 1.29 is 23.5 Å². The Morgan fingerprint density at radius 2 is 1.56 bits per heavy atom. The summed E-state index contributed by atoms with van der Waals surface area (Å²) in [6.07, 6.45) is 7.68. The van der Waals surface area contributed by atoms with Crippen LogP contribution in [0.2, 0.25) is 0 Å². The van der Waals surface area contributed by atoms with Gasteiger partial charge in [0.05, 0.1) is 17.9 Å². The van der Waals surface area contributed by atoms with Crippen molar-refractivity contribution in [1.82, 2.24) is 0 Å². The molecule has 8 heteroatoms. The third-order valence-electron chi connectivity index (χ3n) is 5.01. The largest absolute Gasteiger partial charge is 0.446 e. The molecule has 0 saturated heterocycles. The maximum Gasteiger partial charge on any atom is 0.411 e. The Hall–Kier alpha value is -3.73. The molecule has 0 bridgehead atoms. The summed E-state index contributed by atoms with van der Waals surface area (Å²) in [7, 11) is 0. The molecule has 0 atom stereocenters. The van der Waals surface area contributed by atoms with Crippen LogP contribution in [-0.2, 0) is 16.0 Å². The molecule has 2 saturated carbocycles. The molecule has 0 heterocycles. The fraction of sp³-hybridized carbons (Fsp3) is 0.333. The van der Waals surface area contributed by atoms with E-state index in [0.29, 0.717) is 24.5 Å². The van der Waals surface area contributed by atoms with Crippen LogP contribution in [0.3, 0.4) is 0 Å². The van der Waals surface area contributed by atoms with E-state index in [4.69, 9.17) is 15.9 Å². The monoisotopic (exact) mass is 437 g/mol. The topological polar surface area (TPSA) is 79.9 Å². The van der Waals surface area contributed by atoms with Crippen LogP contribution in [0.25, 0.3) is 0 Å². The van der Waals surface area contributed by atoms with Gasteiger partial charge in [-0.3, -0.25) is 10.6 Å². The predicted octanol–water partition coefficient (Wildman–Crippen LogP) is 4.89. The summed E-state index contributed by atoms with van der Waals surface area (Å²) in [6, 6.07) is 11.3. The lowest BCUT2D eigenvalue weighted by molar-refractivity contribution is 0.153. The number of terminal acetylenes is 1. The van der Waals surface area contributed by atoms with E-state index in [1.165, 1.54) is 12.1 Å². The second-order valence-electron chi connectivity index (χ2n) is 7.88. The van der Waals surface area contributed by atoms with Gasteiger partial charge in [-0.2, -0.15) is 0 Å². The van der Waals surface area contributed by atoms with E-state index < -0.39 is 12.2 Å². The summed E-state index contributed by atoms with van der Waals surface area (Å²) in [5.74, 6) is 2.30. The molecule has 166 valence electrons. The number of carbonyl (C=O) groups is 2. The number of nitrogens with one attached hydrogen (secondary N) is 2. The molecule has 2 aliphatic carbocycles. The molecule has 0 aromatic heterocycles. The van der Waals surface area contributed by atoms with Crippen molar-refractivity contribution in [3.63, 3.8) is 0 Å². The number of carbonyl (C=O) groups excluding carboxylic acids is 2. The molecule has 2 aromatic carbocycles. The lowest BCUT2D eigenvalue weighted by Gasteiger charge is -2.24. The zero-order valence-electron chi connectivity index (χ0n) is 17.5. The number of anilines is 3. The Balaban J connectivity index is 1.55. The SMILES string of the molecule is C#CCN(Cc1ccc(F)cc1)c1ccc(NC(=O)OC2CC2)c(NC(=O)OC2CC2)c1. The highest BCUT2D eigenvalue weighted by Crippen LogP contribution is 2.31. The molecule has 2 amide bonds. The third-order valence-corrected chi connectivity index (χ3v) is 5.01. The Labute approximate surface area is 185 Å². The molecule has 2 N–H and O–H groups in total. The van der Waals surface area contributed by atoms with Crippen molar-refractivity contribution in [3.8, 4) is 12.3 Å². The van der Waals surface area contributed by atoms with E-state index in [0.717, 1.165) is 36.9 Å². The second-order valence-corrected chi connectivity index (χ2v) is 7.88. The molecule has 32 heavy (non-hydrogen) atoms.